The van der Waals surface area contributed by atoms with Gasteiger partial charge in [-0.1, -0.05) is 0 Å². The quantitative estimate of drug-likeness (QED) is 0.253. The summed E-state index contributed by atoms with van der Waals surface area (Å²) in [5, 5.41) is 0. The third kappa shape index (κ3) is 97.6. The van der Waals surface area contributed by atoms with Crippen LogP contribution in [0.4, 0.5) is 0 Å². The second-order valence-corrected chi connectivity index (χ2v) is 1.54. The molecule has 0 aromatic carbocycles. The van der Waals surface area contributed by atoms with Gasteiger partial charge < -0.3 is 14.7 Å². The monoisotopic (exact) mass is 162 g/mol. The third-order valence-corrected chi connectivity index (χ3v) is 0. The predicted octanol–water partition coefficient (Wildman–Crippen LogP) is -3.68. The average molecular weight is 162 g/mol. The zero-order valence-electron chi connectivity index (χ0n) is 2.20. The molecule has 0 saturated carbocycles. The maximum Gasteiger partial charge on any atom is 0.316 e. The molecule has 0 unspecified atom stereocenters. The molecule has 0 fully saturated rings. The second kappa shape index (κ2) is 9.01. The van der Waals surface area contributed by atoms with Crippen LogP contribution in [0.2, 0.25) is 0 Å². The molecule has 0 atom stereocenters. The van der Waals surface area contributed by atoms with Gasteiger partial charge in [-0.25, -0.2) is 4.57 Å². The SMILES string of the molecule is O=P(O)(O)O.[AlH3].[LiH].[MgH2]. The summed E-state index contributed by atoms with van der Waals surface area (Å²) in [4.78, 5) is 21.6. The molecule has 4 nitrogen and oxygen atoms in total. The smallest absolute Gasteiger partial charge is 0.316 e. The molecule has 0 amide bonds. The minimum absolute atomic E-state index is 0. The van der Waals surface area contributed by atoms with Crippen LogP contribution in [0.1, 0.15) is 0 Å². The second-order valence-electron chi connectivity index (χ2n) is 0.513. The molecule has 8 heavy (non-hydrogen) atoms. The minimum atomic E-state index is -4.64. The van der Waals surface area contributed by atoms with Gasteiger partial charge in [0.05, 0.1) is 0 Å². The molecular formula is H9AlLiMgO4P. The maximum absolute atomic E-state index is 8.88. The van der Waals surface area contributed by atoms with E-state index in [4.69, 9.17) is 19.2 Å². The van der Waals surface area contributed by atoms with Crippen molar-refractivity contribution in [3.8, 4) is 0 Å². The predicted molar refractivity (Wildman–Crippen MR) is 39.9 cm³/mol. The van der Waals surface area contributed by atoms with Crippen LogP contribution in [0.15, 0.2) is 0 Å². The van der Waals surface area contributed by atoms with E-state index in [2.05, 4.69) is 0 Å². The van der Waals surface area contributed by atoms with Crippen LogP contribution in [-0.2, 0) is 4.57 Å². The van der Waals surface area contributed by atoms with Crippen LogP contribution in [0.25, 0.3) is 0 Å². The fourth-order valence-corrected chi connectivity index (χ4v) is 0. The first-order chi connectivity index (χ1) is 2.00. The van der Waals surface area contributed by atoms with E-state index < -0.39 is 7.82 Å². The fourth-order valence-electron chi connectivity index (χ4n) is 0. The van der Waals surface area contributed by atoms with Crippen molar-refractivity contribution in [2.45, 2.75) is 0 Å². The van der Waals surface area contributed by atoms with E-state index in [0.29, 0.717) is 0 Å². The van der Waals surface area contributed by atoms with Crippen molar-refractivity contribution >= 4 is 67.1 Å². The van der Waals surface area contributed by atoms with Crippen molar-refractivity contribution in [1.82, 2.24) is 0 Å². The molecule has 0 heterocycles. The van der Waals surface area contributed by atoms with E-state index in [0.717, 1.165) is 0 Å². The van der Waals surface area contributed by atoms with Crippen LogP contribution < -0.4 is 0 Å². The number of rotatable bonds is 0. The summed E-state index contributed by atoms with van der Waals surface area (Å²) in [6, 6.07) is 0. The van der Waals surface area contributed by atoms with Crippen molar-refractivity contribution in [3.05, 3.63) is 0 Å². The van der Waals surface area contributed by atoms with Gasteiger partial charge in [-0.2, -0.15) is 0 Å². The molecule has 0 aliphatic heterocycles. The molecule has 0 aromatic rings. The minimum Gasteiger partial charge on any atom is 0.316 e. The molecular weight excluding hydrogens is 153 g/mol. The molecule has 0 radical (unpaired) electrons. The molecule has 0 aliphatic carbocycles. The third-order valence-electron chi connectivity index (χ3n) is 0. The van der Waals surface area contributed by atoms with Crippen molar-refractivity contribution in [2.75, 3.05) is 0 Å². The molecule has 0 saturated heterocycles. The summed E-state index contributed by atoms with van der Waals surface area (Å²) in [5.74, 6) is 0. The number of hydrogen-bond donors (Lipinski definition) is 3. The molecule has 8 heteroatoms. The Labute approximate surface area is 85.7 Å². The standard InChI is InChI=1S/Al.Li.Mg.H3O4P.6H/c;;;1-5(2,3)4;;;;;;/h;;;(H3,1,2,3,4);;;;;;. The summed E-state index contributed by atoms with van der Waals surface area (Å²) >= 11 is 0. The fraction of sp³-hybridized carbons (Fsp3) is 0. The Morgan fingerprint density at radius 3 is 1.12 bits per heavy atom. The number of hydrogen-bond acceptors (Lipinski definition) is 1. The number of phosphoric acid groups is 1. The molecule has 0 rings (SSSR count). The largest absolute Gasteiger partial charge is 0.316 e. The Balaban J connectivity index is -0.0000000267. The zero-order chi connectivity index (χ0) is 4.50. The Morgan fingerprint density at radius 1 is 1.12 bits per heavy atom. The average Bonchev–Trinajstić information content (AvgIpc) is 0.722. The van der Waals surface area contributed by atoms with Gasteiger partial charge in [-0.05, 0) is 0 Å². The molecule has 0 aliphatic rings. The van der Waals surface area contributed by atoms with Gasteiger partial charge in [0.25, 0.3) is 0 Å². The van der Waals surface area contributed by atoms with E-state index in [1.165, 1.54) is 0 Å². The molecule has 0 spiro atoms. The Kier molecular flexibility index (Phi) is 25.3. The summed E-state index contributed by atoms with van der Waals surface area (Å²) in [6.07, 6.45) is 0. The Morgan fingerprint density at radius 2 is 1.12 bits per heavy atom. The van der Waals surface area contributed by atoms with Crippen LogP contribution in [-0.4, -0.2) is 74.0 Å². The van der Waals surface area contributed by atoms with Crippen LogP contribution >= 0.6 is 7.82 Å². The first kappa shape index (κ1) is 22.5. The summed E-state index contributed by atoms with van der Waals surface area (Å²) in [6.45, 7) is 0. The van der Waals surface area contributed by atoms with Gasteiger partial charge in [0.2, 0.25) is 0 Å². The van der Waals surface area contributed by atoms with Gasteiger partial charge >= 0.3 is 49.7 Å². The van der Waals surface area contributed by atoms with Crippen molar-refractivity contribution in [2.24, 2.45) is 0 Å². The van der Waals surface area contributed by atoms with Gasteiger partial charge in [0, 0.05) is 0 Å². The van der Waals surface area contributed by atoms with Gasteiger partial charge in [0.15, 0.2) is 17.4 Å². The van der Waals surface area contributed by atoms with E-state index >= 15 is 0 Å². The summed E-state index contributed by atoms with van der Waals surface area (Å²) in [7, 11) is -4.64. The Bertz CT molecular complexity index is 62.2. The van der Waals surface area contributed by atoms with E-state index in [1.54, 1.807) is 0 Å². The molecule has 44 valence electrons. The topological polar surface area (TPSA) is 77.8 Å². The molecule has 3 N–H and O–H groups in total. The maximum atomic E-state index is 8.88. The summed E-state index contributed by atoms with van der Waals surface area (Å²) < 4.78 is 8.88. The van der Waals surface area contributed by atoms with Crippen molar-refractivity contribution < 1.29 is 19.2 Å². The zero-order valence-corrected chi connectivity index (χ0v) is 3.09. The van der Waals surface area contributed by atoms with E-state index in [1.807, 2.05) is 0 Å². The van der Waals surface area contributed by atoms with Crippen molar-refractivity contribution in [3.63, 3.8) is 0 Å². The Hall–Kier alpha value is 2.01. The van der Waals surface area contributed by atoms with E-state index in [-0.39, 0.29) is 59.3 Å². The molecule has 0 aromatic heterocycles. The molecule has 0 bridgehead atoms. The van der Waals surface area contributed by atoms with Crippen LogP contribution in [0.3, 0.4) is 0 Å². The van der Waals surface area contributed by atoms with Crippen molar-refractivity contribution in [1.29, 1.82) is 0 Å². The van der Waals surface area contributed by atoms with Gasteiger partial charge in [0.1, 0.15) is 0 Å². The van der Waals surface area contributed by atoms with Crippen LogP contribution in [0, 0.1) is 0 Å². The van der Waals surface area contributed by atoms with E-state index in [9.17, 15) is 0 Å². The van der Waals surface area contributed by atoms with Crippen LogP contribution in [0.5, 0.6) is 0 Å². The van der Waals surface area contributed by atoms with Gasteiger partial charge in [-0.3, -0.25) is 0 Å². The normalized spacial score (nSPS) is 7.38. The first-order valence-electron chi connectivity index (χ1n) is 0.783. The van der Waals surface area contributed by atoms with Gasteiger partial charge in [-0.15, -0.1) is 0 Å². The summed E-state index contributed by atoms with van der Waals surface area (Å²) in [5.41, 5.74) is 0. The first-order valence-corrected chi connectivity index (χ1v) is 2.35.